The first-order chi connectivity index (χ1) is 5.74. The highest BCUT2D eigenvalue weighted by atomic mass is 35.5. The SMILES string of the molecule is CC.CCC(C)c1ccc(Cl)s1. The van der Waals surface area contributed by atoms with E-state index in [-0.39, 0.29) is 0 Å². The maximum Gasteiger partial charge on any atom is 0.0931 e. The van der Waals surface area contributed by atoms with Crippen LogP contribution in [0.1, 0.15) is 44.9 Å². The molecule has 0 aliphatic rings. The van der Waals surface area contributed by atoms with Gasteiger partial charge in [0.15, 0.2) is 0 Å². The molecule has 1 unspecified atom stereocenters. The third-order valence-corrected chi connectivity index (χ3v) is 3.15. The molecule has 0 spiro atoms. The van der Waals surface area contributed by atoms with E-state index in [0.29, 0.717) is 5.92 Å². The lowest BCUT2D eigenvalue weighted by Gasteiger charge is -2.02. The number of hydrogen-bond acceptors (Lipinski definition) is 1. The maximum atomic E-state index is 5.78. The minimum atomic E-state index is 0.664. The van der Waals surface area contributed by atoms with Crippen molar-refractivity contribution in [3.63, 3.8) is 0 Å². The van der Waals surface area contributed by atoms with Crippen LogP contribution in [0, 0.1) is 0 Å². The van der Waals surface area contributed by atoms with Crippen LogP contribution in [0.15, 0.2) is 12.1 Å². The Labute approximate surface area is 84.6 Å². The molecular weight excluding hydrogens is 188 g/mol. The summed E-state index contributed by atoms with van der Waals surface area (Å²) in [6.07, 6.45) is 1.19. The lowest BCUT2D eigenvalue weighted by molar-refractivity contribution is 0.748. The highest BCUT2D eigenvalue weighted by Crippen LogP contribution is 2.29. The van der Waals surface area contributed by atoms with Crippen molar-refractivity contribution in [3.8, 4) is 0 Å². The second kappa shape index (κ2) is 6.50. The summed E-state index contributed by atoms with van der Waals surface area (Å²) in [4.78, 5) is 1.40. The molecule has 1 aromatic heterocycles. The van der Waals surface area contributed by atoms with E-state index >= 15 is 0 Å². The van der Waals surface area contributed by atoms with E-state index in [9.17, 15) is 0 Å². The number of thiophene rings is 1. The van der Waals surface area contributed by atoms with Crippen LogP contribution in [0.3, 0.4) is 0 Å². The molecule has 1 heterocycles. The molecule has 0 aromatic carbocycles. The summed E-state index contributed by atoms with van der Waals surface area (Å²) < 4.78 is 0.898. The third kappa shape index (κ3) is 3.59. The summed E-state index contributed by atoms with van der Waals surface area (Å²) in [5.41, 5.74) is 0. The van der Waals surface area contributed by atoms with Crippen LogP contribution in [0.2, 0.25) is 4.34 Å². The molecule has 0 radical (unpaired) electrons. The van der Waals surface area contributed by atoms with Crippen LogP contribution >= 0.6 is 22.9 Å². The highest BCUT2D eigenvalue weighted by molar-refractivity contribution is 7.16. The Hall–Kier alpha value is -0.0100. The van der Waals surface area contributed by atoms with Gasteiger partial charge in [-0.1, -0.05) is 39.3 Å². The molecule has 0 bridgehead atoms. The van der Waals surface area contributed by atoms with Crippen molar-refractivity contribution in [1.29, 1.82) is 0 Å². The average Bonchev–Trinajstić information content (AvgIpc) is 2.54. The van der Waals surface area contributed by atoms with Crippen LogP contribution in [-0.4, -0.2) is 0 Å². The van der Waals surface area contributed by atoms with Gasteiger partial charge in [0.25, 0.3) is 0 Å². The van der Waals surface area contributed by atoms with Crippen molar-refractivity contribution in [3.05, 3.63) is 21.3 Å². The van der Waals surface area contributed by atoms with Crippen LogP contribution < -0.4 is 0 Å². The van der Waals surface area contributed by atoms with Gasteiger partial charge in [-0.2, -0.15) is 0 Å². The zero-order valence-electron chi connectivity index (χ0n) is 8.23. The van der Waals surface area contributed by atoms with E-state index in [2.05, 4.69) is 19.9 Å². The third-order valence-electron chi connectivity index (χ3n) is 1.69. The smallest absolute Gasteiger partial charge is 0.0931 e. The molecule has 0 amide bonds. The van der Waals surface area contributed by atoms with Gasteiger partial charge < -0.3 is 0 Å². The van der Waals surface area contributed by atoms with Gasteiger partial charge in [0.2, 0.25) is 0 Å². The second-order valence-electron chi connectivity index (χ2n) is 2.45. The fourth-order valence-corrected chi connectivity index (χ4v) is 1.99. The quantitative estimate of drug-likeness (QED) is 0.640. The standard InChI is InChI=1S/C8H11ClS.C2H6/c1-3-6(2)7-4-5-8(9)10-7;1-2/h4-6H,3H2,1-2H3;1-2H3. The molecule has 1 aromatic rings. The Kier molecular flexibility index (Phi) is 6.49. The first-order valence-electron chi connectivity index (χ1n) is 4.49. The van der Waals surface area contributed by atoms with Crippen molar-refractivity contribution in [2.45, 2.75) is 40.0 Å². The van der Waals surface area contributed by atoms with E-state index in [1.54, 1.807) is 11.3 Å². The van der Waals surface area contributed by atoms with Gasteiger partial charge in [0, 0.05) is 4.88 Å². The predicted molar refractivity (Wildman–Crippen MR) is 59.4 cm³/mol. The summed E-state index contributed by atoms with van der Waals surface area (Å²) in [6.45, 7) is 8.42. The Morgan fingerprint density at radius 3 is 2.33 bits per heavy atom. The Morgan fingerprint density at radius 1 is 1.42 bits per heavy atom. The van der Waals surface area contributed by atoms with Crippen molar-refractivity contribution in [1.82, 2.24) is 0 Å². The van der Waals surface area contributed by atoms with Gasteiger partial charge >= 0.3 is 0 Å². The molecule has 0 nitrogen and oxygen atoms in total. The molecule has 12 heavy (non-hydrogen) atoms. The molecule has 70 valence electrons. The van der Waals surface area contributed by atoms with Crippen LogP contribution in [0.25, 0.3) is 0 Å². The van der Waals surface area contributed by atoms with Gasteiger partial charge in [0.1, 0.15) is 0 Å². The van der Waals surface area contributed by atoms with Crippen molar-refractivity contribution in [2.75, 3.05) is 0 Å². The highest BCUT2D eigenvalue weighted by Gasteiger charge is 2.04. The van der Waals surface area contributed by atoms with Crippen LogP contribution in [0.5, 0.6) is 0 Å². The van der Waals surface area contributed by atoms with Crippen molar-refractivity contribution >= 4 is 22.9 Å². The van der Waals surface area contributed by atoms with E-state index in [4.69, 9.17) is 11.6 Å². The summed E-state index contributed by atoms with van der Waals surface area (Å²) in [5.74, 6) is 0.664. The molecule has 0 saturated carbocycles. The second-order valence-corrected chi connectivity index (χ2v) is 4.20. The van der Waals surface area contributed by atoms with Crippen molar-refractivity contribution < 1.29 is 0 Å². The van der Waals surface area contributed by atoms with Crippen LogP contribution in [0.4, 0.5) is 0 Å². The maximum absolute atomic E-state index is 5.78. The van der Waals surface area contributed by atoms with Gasteiger partial charge in [-0.25, -0.2) is 0 Å². The number of halogens is 1. The zero-order valence-corrected chi connectivity index (χ0v) is 9.80. The first kappa shape index (κ1) is 12.0. The largest absolute Gasteiger partial charge is 0.128 e. The lowest BCUT2D eigenvalue weighted by atomic mass is 10.1. The Morgan fingerprint density at radius 2 is 2.00 bits per heavy atom. The Bertz CT molecular complexity index is 205. The topological polar surface area (TPSA) is 0 Å². The van der Waals surface area contributed by atoms with Gasteiger partial charge in [-0.15, -0.1) is 11.3 Å². The first-order valence-corrected chi connectivity index (χ1v) is 5.68. The van der Waals surface area contributed by atoms with Crippen LogP contribution in [-0.2, 0) is 0 Å². The lowest BCUT2D eigenvalue weighted by Crippen LogP contribution is -1.84. The zero-order chi connectivity index (χ0) is 9.56. The summed E-state index contributed by atoms with van der Waals surface area (Å²) in [5, 5.41) is 0. The molecular formula is C10H17ClS. The number of hydrogen-bond donors (Lipinski definition) is 0. The fraction of sp³-hybridized carbons (Fsp3) is 0.600. The fourth-order valence-electron chi connectivity index (χ4n) is 0.794. The van der Waals surface area contributed by atoms with Gasteiger partial charge in [0.05, 0.1) is 4.34 Å². The van der Waals surface area contributed by atoms with E-state index < -0.39 is 0 Å². The normalized spacial score (nSPS) is 11.8. The average molecular weight is 205 g/mol. The molecule has 0 fully saturated rings. The minimum Gasteiger partial charge on any atom is -0.128 e. The summed E-state index contributed by atoms with van der Waals surface area (Å²) in [7, 11) is 0. The summed E-state index contributed by atoms with van der Waals surface area (Å²) >= 11 is 7.47. The molecule has 0 aliphatic heterocycles. The molecule has 1 atom stereocenters. The molecule has 2 heteroatoms. The van der Waals surface area contributed by atoms with E-state index in [0.717, 1.165) is 4.34 Å². The molecule has 0 N–H and O–H groups in total. The van der Waals surface area contributed by atoms with E-state index in [1.165, 1.54) is 11.3 Å². The monoisotopic (exact) mass is 204 g/mol. The predicted octanol–water partition coefficient (Wildman–Crippen LogP) is 4.94. The van der Waals surface area contributed by atoms with Gasteiger partial charge in [-0.05, 0) is 24.5 Å². The minimum absolute atomic E-state index is 0.664. The molecule has 0 aliphatic carbocycles. The van der Waals surface area contributed by atoms with E-state index in [1.807, 2.05) is 19.9 Å². The van der Waals surface area contributed by atoms with Gasteiger partial charge in [-0.3, -0.25) is 0 Å². The summed E-state index contributed by atoms with van der Waals surface area (Å²) in [6, 6.07) is 4.08. The number of rotatable bonds is 2. The van der Waals surface area contributed by atoms with Crippen molar-refractivity contribution in [2.24, 2.45) is 0 Å². The molecule has 0 saturated heterocycles. The molecule has 1 rings (SSSR count). The Balaban J connectivity index is 0.000000561.